The van der Waals surface area contributed by atoms with Crippen LogP contribution < -0.4 is 0 Å². The predicted octanol–water partition coefficient (Wildman–Crippen LogP) is 1.56. The standard InChI is InChI=1S/C17H24N6O/c1-13(2)21(3)11-15-19-20-16-12-22(8-5-9-23(15)16)17(24)14-6-4-7-18-10-14/h4,6-7,10,13H,5,8-9,11-12H2,1-3H3. The second-order valence-electron chi connectivity index (χ2n) is 6.51. The van der Waals surface area contributed by atoms with Gasteiger partial charge in [-0.2, -0.15) is 0 Å². The van der Waals surface area contributed by atoms with Crippen molar-refractivity contribution in [3.8, 4) is 0 Å². The zero-order chi connectivity index (χ0) is 17.1. The highest BCUT2D eigenvalue weighted by molar-refractivity contribution is 5.93. The van der Waals surface area contributed by atoms with E-state index in [1.54, 1.807) is 24.5 Å². The van der Waals surface area contributed by atoms with E-state index in [-0.39, 0.29) is 5.91 Å². The number of carbonyl (C=O) groups excluding carboxylic acids is 1. The summed E-state index contributed by atoms with van der Waals surface area (Å²) in [5, 5.41) is 8.68. The first-order valence-corrected chi connectivity index (χ1v) is 8.36. The van der Waals surface area contributed by atoms with E-state index in [0.717, 1.165) is 37.7 Å². The maximum absolute atomic E-state index is 12.7. The predicted molar refractivity (Wildman–Crippen MR) is 90.2 cm³/mol. The summed E-state index contributed by atoms with van der Waals surface area (Å²) in [6.07, 6.45) is 4.18. The molecule has 24 heavy (non-hydrogen) atoms. The number of amides is 1. The first kappa shape index (κ1) is 16.6. The quantitative estimate of drug-likeness (QED) is 0.852. The van der Waals surface area contributed by atoms with Gasteiger partial charge in [-0.3, -0.25) is 14.7 Å². The molecule has 0 bridgehead atoms. The SMILES string of the molecule is CC(C)N(C)Cc1nnc2n1CCCN(C(=O)c1cccnc1)C2. The van der Waals surface area contributed by atoms with Crippen molar-refractivity contribution in [2.45, 2.75) is 45.9 Å². The second-order valence-corrected chi connectivity index (χ2v) is 6.51. The Morgan fingerprint density at radius 3 is 2.88 bits per heavy atom. The first-order chi connectivity index (χ1) is 11.6. The monoisotopic (exact) mass is 328 g/mol. The molecule has 0 unspecified atom stereocenters. The van der Waals surface area contributed by atoms with E-state index in [1.807, 2.05) is 4.90 Å². The number of rotatable bonds is 4. The Hall–Kier alpha value is -2.28. The molecule has 1 aliphatic rings. The van der Waals surface area contributed by atoms with Crippen LogP contribution in [0.15, 0.2) is 24.5 Å². The maximum Gasteiger partial charge on any atom is 0.255 e. The summed E-state index contributed by atoms with van der Waals surface area (Å²) >= 11 is 0. The Morgan fingerprint density at radius 1 is 1.33 bits per heavy atom. The number of carbonyl (C=O) groups is 1. The van der Waals surface area contributed by atoms with Crippen molar-refractivity contribution >= 4 is 5.91 Å². The van der Waals surface area contributed by atoms with Crippen LogP contribution >= 0.6 is 0 Å². The van der Waals surface area contributed by atoms with Gasteiger partial charge >= 0.3 is 0 Å². The highest BCUT2D eigenvalue weighted by Crippen LogP contribution is 2.16. The molecule has 0 N–H and O–H groups in total. The Balaban J connectivity index is 1.77. The Bertz CT molecular complexity index is 696. The average molecular weight is 328 g/mol. The van der Waals surface area contributed by atoms with E-state index in [2.05, 4.69) is 45.5 Å². The number of nitrogens with zero attached hydrogens (tertiary/aromatic N) is 6. The maximum atomic E-state index is 12.7. The van der Waals surface area contributed by atoms with Crippen LogP contribution in [0.3, 0.4) is 0 Å². The third-order valence-corrected chi connectivity index (χ3v) is 4.51. The van der Waals surface area contributed by atoms with Gasteiger partial charge in [-0.15, -0.1) is 10.2 Å². The Labute approximate surface area is 142 Å². The van der Waals surface area contributed by atoms with Crippen molar-refractivity contribution in [1.82, 2.24) is 29.5 Å². The number of hydrogen-bond donors (Lipinski definition) is 0. The van der Waals surface area contributed by atoms with Gasteiger partial charge in [0.15, 0.2) is 5.82 Å². The summed E-state index contributed by atoms with van der Waals surface area (Å²) < 4.78 is 2.16. The minimum absolute atomic E-state index is 0.000369. The van der Waals surface area contributed by atoms with Gasteiger partial charge in [0.25, 0.3) is 5.91 Å². The van der Waals surface area contributed by atoms with Gasteiger partial charge in [-0.25, -0.2) is 0 Å². The van der Waals surface area contributed by atoms with Crippen LogP contribution in [-0.4, -0.2) is 55.1 Å². The Morgan fingerprint density at radius 2 is 2.17 bits per heavy atom. The molecule has 3 heterocycles. The first-order valence-electron chi connectivity index (χ1n) is 8.36. The smallest absolute Gasteiger partial charge is 0.255 e. The number of fused-ring (bicyclic) bond motifs is 1. The van der Waals surface area contributed by atoms with Crippen molar-refractivity contribution in [1.29, 1.82) is 0 Å². The summed E-state index contributed by atoms with van der Waals surface area (Å²) in [5.74, 6) is 1.83. The van der Waals surface area contributed by atoms with Crippen LogP contribution in [0.5, 0.6) is 0 Å². The number of pyridine rings is 1. The van der Waals surface area contributed by atoms with Crippen molar-refractivity contribution in [2.75, 3.05) is 13.6 Å². The normalized spacial score (nSPS) is 14.8. The van der Waals surface area contributed by atoms with Crippen molar-refractivity contribution in [2.24, 2.45) is 0 Å². The highest BCUT2D eigenvalue weighted by Gasteiger charge is 2.24. The fourth-order valence-corrected chi connectivity index (χ4v) is 2.78. The van der Waals surface area contributed by atoms with Gasteiger partial charge in [0, 0.05) is 31.5 Å². The number of hydrogen-bond acceptors (Lipinski definition) is 5. The van der Waals surface area contributed by atoms with Crippen LogP contribution in [-0.2, 0) is 19.6 Å². The van der Waals surface area contributed by atoms with E-state index < -0.39 is 0 Å². The fraction of sp³-hybridized carbons (Fsp3) is 0.529. The van der Waals surface area contributed by atoms with E-state index >= 15 is 0 Å². The molecule has 0 spiro atoms. The van der Waals surface area contributed by atoms with Crippen molar-refractivity contribution < 1.29 is 4.79 Å². The summed E-state index contributed by atoms with van der Waals surface area (Å²) in [6, 6.07) is 4.04. The average Bonchev–Trinajstić information content (AvgIpc) is 2.83. The summed E-state index contributed by atoms with van der Waals surface area (Å²) in [7, 11) is 2.08. The molecule has 0 saturated heterocycles. The Kier molecular flexibility index (Phi) is 4.89. The molecule has 7 heteroatoms. The molecule has 7 nitrogen and oxygen atoms in total. The molecule has 1 amide bonds. The summed E-state index contributed by atoms with van der Waals surface area (Å²) in [4.78, 5) is 20.8. The molecule has 0 saturated carbocycles. The fourth-order valence-electron chi connectivity index (χ4n) is 2.78. The zero-order valence-corrected chi connectivity index (χ0v) is 14.5. The lowest BCUT2D eigenvalue weighted by molar-refractivity contribution is 0.0743. The third-order valence-electron chi connectivity index (χ3n) is 4.51. The zero-order valence-electron chi connectivity index (χ0n) is 14.5. The molecule has 0 atom stereocenters. The summed E-state index contributed by atoms with van der Waals surface area (Å²) in [5.41, 5.74) is 0.616. The van der Waals surface area contributed by atoms with E-state index in [4.69, 9.17) is 0 Å². The molecule has 128 valence electrons. The van der Waals surface area contributed by atoms with E-state index in [9.17, 15) is 4.79 Å². The largest absolute Gasteiger partial charge is 0.331 e. The highest BCUT2D eigenvalue weighted by atomic mass is 16.2. The molecule has 2 aromatic heterocycles. The lowest BCUT2D eigenvalue weighted by Gasteiger charge is -2.20. The van der Waals surface area contributed by atoms with Crippen molar-refractivity contribution in [3.63, 3.8) is 0 Å². The molecule has 3 rings (SSSR count). The van der Waals surface area contributed by atoms with Gasteiger partial charge in [0.1, 0.15) is 5.82 Å². The molecule has 0 radical (unpaired) electrons. The second kappa shape index (κ2) is 7.09. The van der Waals surface area contributed by atoms with Crippen LogP contribution in [0.4, 0.5) is 0 Å². The molecular formula is C17H24N6O. The minimum atomic E-state index is 0.000369. The van der Waals surface area contributed by atoms with Gasteiger partial charge in [-0.1, -0.05) is 0 Å². The third kappa shape index (κ3) is 3.46. The van der Waals surface area contributed by atoms with Gasteiger partial charge in [0.2, 0.25) is 0 Å². The lowest BCUT2D eigenvalue weighted by atomic mass is 10.2. The molecule has 1 aliphatic heterocycles. The number of aromatic nitrogens is 4. The van der Waals surface area contributed by atoms with E-state index in [1.165, 1.54) is 0 Å². The molecule has 0 fully saturated rings. The van der Waals surface area contributed by atoms with Gasteiger partial charge < -0.3 is 9.47 Å². The van der Waals surface area contributed by atoms with Crippen LogP contribution in [0, 0.1) is 0 Å². The van der Waals surface area contributed by atoms with Gasteiger partial charge in [-0.05, 0) is 39.4 Å². The lowest BCUT2D eigenvalue weighted by Crippen LogP contribution is -2.31. The van der Waals surface area contributed by atoms with E-state index in [0.29, 0.717) is 18.2 Å². The van der Waals surface area contributed by atoms with Crippen LogP contribution in [0.25, 0.3) is 0 Å². The van der Waals surface area contributed by atoms with Crippen LogP contribution in [0.1, 0.15) is 42.3 Å². The molecular weight excluding hydrogens is 304 g/mol. The van der Waals surface area contributed by atoms with Crippen LogP contribution in [0.2, 0.25) is 0 Å². The topological polar surface area (TPSA) is 67.2 Å². The molecule has 2 aromatic rings. The molecule has 0 aromatic carbocycles. The molecule has 0 aliphatic carbocycles. The van der Waals surface area contributed by atoms with Crippen molar-refractivity contribution in [3.05, 3.63) is 41.7 Å². The van der Waals surface area contributed by atoms with Gasteiger partial charge in [0.05, 0.1) is 18.7 Å². The summed E-state index contributed by atoms with van der Waals surface area (Å²) in [6.45, 7) is 7.15. The minimum Gasteiger partial charge on any atom is -0.331 e.